The van der Waals surface area contributed by atoms with E-state index in [-0.39, 0.29) is 6.04 Å². The van der Waals surface area contributed by atoms with Gasteiger partial charge < -0.3 is 10.1 Å². The second kappa shape index (κ2) is 5.38. The van der Waals surface area contributed by atoms with E-state index in [1.165, 1.54) is 0 Å². The van der Waals surface area contributed by atoms with Crippen LogP contribution in [0.3, 0.4) is 0 Å². The molecule has 2 heterocycles. The average Bonchev–Trinajstić information content (AvgIpc) is 2.48. The molecule has 1 aromatic heterocycles. The largest absolute Gasteiger partial charge is 0.379 e. The molecule has 0 bridgehead atoms. The third kappa shape index (κ3) is 2.59. The Labute approximate surface area is 111 Å². The van der Waals surface area contributed by atoms with Crippen LogP contribution in [0.25, 0.3) is 10.9 Å². The van der Waals surface area contributed by atoms with Crippen molar-refractivity contribution in [1.29, 1.82) is 0 Å². The summed E-state index contributed by atoms with van der Waals surface area (Å²) >= 11 is 0. The number of nitrogens with one attached hydrogen (secondary N) is 2. The average molecular weight is 259 g/mol. The lowest BCUT2D eigenvalue weighted by Crippen LogP contribution is -2.30. The highest BCUT2D eigenvalue weighted by atomic mass is 16.5. The number of nitrogens with two attached hydrogens (primary N) is 1. The van der Waals surface area contributed by atoms with E-state index in [1.807, 2.05) is 24.3 Å². The second-order valence-electron chi connectivity index (χ2n) is 4.62. The van der Waals surface area contributed by atoms with Gasteiger partial charge in [0.15, 0.2) is 0 Å². The molecule has 0 aliphatic carbocycles. The third-order valence-electron chi connectivity index (χ3n) is 3.23. The van der Waals surface area contributed by atoms with Gasteiger partial charge in [0.25, 0.3) is 0 Å². The van der Waals surface area contributed by atoms with E-state index in [2.05, 4.69) is 20.7 Å². The zero-order valence-electron chi connectivity index (χ0n) is 10.6. The van der Waals surface area contributed by atoms with Crippen molar-refractivity contribution in [1.82, 2.24) is 9.97 Å². The van der Waals surface area contributed by atoms with E-state index in [0.29, 0.717) is 12.6 Å². The van der Waals surface area contributed by atoms with E-state index in [1.54, 1.807) is 0 Å². The van der Waals surface area contributed by atoms with Crippen LogP contribution in [0.15, 0.2) is 24.3 Å². The Morgan fingerprint density at radius 3 is 2.95 bits per heavy atom. The number of nitrogens with zero attached hydrogens (tertiary/aromatic N) is 2. The Morgan fingerprint density at radius 1 is 1.26 bits per heavy atom. The molecule has 0 saturated carbocycles. The molecule has 0 amide bonds. The molecule has 1 aliphatic heterocycles. The summed E-state index contributed by atoms with van der Waals surface area (Å²) in [4.78, 5) is 8.73. The Bertz CT molecular complexity index is 568. The Hall–Kier alpha value is -1.92. The van der Waals surface area contributed by atoms with E-state index in [9.17, 15) is 0 Å². The first-order chi connectivity index (χ1) is 9.36. The van der Waals surface area contributed by atoms with Crippen molar-refractivity contribution in [3.8, 4) is 0 Å². The van der Waals surface area contributed by atoms with Gasteiger partial charge in [-0.1, -0.05) is 12.1 Å². The Morgan fingerprint density at radius 2 is 2.16 bits per heavy atom. The fraction of sp³-hybridized carbons (Fsp3) is 0.385. The first kappa shape index (κ1) is 12.1. The first-order valence-electron chi connectivity index (χ1n) is 6.44. The molecule has 1 unspecified atom stereocenters. The highest BCUT2D eigenvalue weighted by Gasteiger charge is 2.16. The summed E-state index contributed by atoms with van der Waals surface area (Å²) in [5.74, 6) is 6.63. The number of fused-ring (bicyclic) bond motifs is 1. The van der Waals surface area contributed by atoms with E-state index in [0.717, 1.165) is 36.2 Å². The molecule has 1 atom stereocenters. The van der Waals surface area contributed by atoms with Gasteiger partial charge in [0.1, 0.15) is 5.82 Å². The third-order valence-corrected chi connectivity index (χ3v) is 3.23. The number of benzene rings is 1. The Balaban J connectivity index is 1.95. The van der Waals surface area contributed by atoms with Crippen LogP contribution in [0.5, 0.6) is 0 Å². The minimum atomic E-state index is 0.290. The summed E-state index contributed by atoms with van der Waals surface area (Å²) < 4.78 is 5.48. The van der Waals surface area contributed by atoms with E-state index in [4.69, 9.17) is 10.6 Å². The fourth-order valence-corrected chi connectivity index (χ4v) is 2.30. The fourth-order valence-electron chi connectivity index (χ4n) is 2.30. The highest BCUT2D eigenvalue weighted by molar-refractivity contribution is 5.90. The zero-order chi connectivity index (χ0) is 13.1. The molecule has 6 nitrogen and oxygen atoms in total. The molecule has 0 radical (unpaired) electrons. The lowest BCUT2D eigenvalue weighted by Gasteiger charge is -2.24. The molecule has 3 rings (SSSR count). The molecule has 2 aromatic rings. The predicted octanol–water partition coefficient (Wildman–Crippen LogP) is 1.51. The number of para-hydroxylation sites is 1. The van der Waals surface area contributed by atoms with Crippen molar-refractivity contribution < 1.29 is 4.74 Å². The van der Waals surface area contributed by atoms with Crippen molar-refractivity contribution in [3.05, 3.63) is 24.3 Å². The normalized spacial score (nSPS) is 19.3. The lowest BCUT2D eigenvalue weighted by atomic mass is 10.1. The summed E-state index contributed by atoms with van der Waals surface area (Å²) in [7, 11) is 0. The lowest BCUT2D eigenvalue weighted by molar-refractivity contribution is 0.0875. The molecule has 19 heavy (non-hydrogen) atoms. The van der Waals surface area contributed by atoms with Crippen LogP contribution in [0.2, 0.25) is 0 Å². The molecule has 0 spiro atoms. The predicted molar refractivity (Wildman–Crippen MR) is 74.8 cm³/mol. The minimum Gasteiger partial charge on any atom is -0.379 e. The standard InChI is InChI=1S/C13H17N5O/c14-18-13-16-11-6-2-1-5-10(11)12(17-13)15-9-4-3-7-19-8-9/h1-2,5-6,9H,3-4,7-8,14H2,(H2,15,16,17,18). The van der Waals surface area contributed by atoms with Crippen LogP contribution in [-0.2, 0) is 4.74 Å². The summed E-state index contributed by atoms with van der Waals surface area (Å²) in [5.41, 5.74) is 3.37. The maximum absolute atomic E-state index is 5.48. The molecule has 1 fully saturated rings. The van der Waals surface area contributed by atoms with E-state index >= 15 is 0 Å². The van der Waals surface area contributed by atoms with Crippen LogP contribution in [0.1, 0.15) is 12.8 Å². The molecule has 6 heteroatoms. The van der Waals surface area contributed by atoms with Crippen LogP contribution in [0, 0.1) is 0 Å². The molecule has 1 saturated heterocycles. The van der Waals surface area contributed by atoms with Gasteiger partial charge in [-0.3, -0.25) is 5.43 Å². The summed E-state index contributed by atoms with van der Waals surface area (Å²) in [5, 5.41) is 4.42. The van der Waals surface area contributed by atoms with Crippen molar-refractivity contribution in [2.75, 3.05) is 24.0 Å². The topological polar surface area (TPSA) is 85.1 Å². The monoisotopic (exact) mass is 259 g/mol. The first-order valence-corrected chi connectivity index (χ1v) is 6.44. The number of hydrogen-bond donors (Lipinski definition) is 3. The van der Waals surface area contributed by atoms with Gasteiger partial charge in [-0.15, -0.1) is 0 Å². The SMILES string of the molecule is NNc1nc(NC2CCCOC2)c2ccccc2n1. The van der Waals surface area contributed by atoms with Crippen LogP contribution < -0.4 is 16.6 Å². The number of hydrazine groups is 1. The molecule has 1 aliphatic rings. The Kier molecular flexibility index (Phi) is 3.43. The molecular formula is C13H17N5O. The number of ether oxygens (including phenoxy) is 1. The van der Waals surface area contributed by atoms with Crippen molar-refractivity contribution in [2.45, 2.75) is 18.9 Å². The minimum absolute atomic E-state index is 0.290. The maximum Gasteiger partial charge on any atom is 0.239 e. The van der Waals surface area contributed by atoms with Gasteiger partial charge in [-0.05, 0) is 25.0 Å². The van der Waals surface area contributed by atoms with Crippen molar-refractivity contribution in [2.24, 2.45) is 5.84 Å². The van der Waals surface area contributed by atoms with Gasteiger partial charge in [0.05, 0.1) is 18.2 Å². The van der Waals surface area contributed by atoms with E-state index < -0.39 is 0 Å². The number of anilines is 2. The summed E-state index contributed by atoms with van der Waals surface area (Å²) in [6.45, 7) is 1.56. The highest BCUT2D eigenvalue weighted by Crippen LogP contribution is 2.23. The number of hydrogen-bond acceptors (Lipinski definition) is 6. The quantitative estimate of drug-likeness (QED) is 0.572. The number of aromatic nitrogens is 2. The van der Waals surface area contributed by atoms with Gasteiger partial charge in [-0.2, -0.15) is 4.98 Å². The van der Waals surface area contributed by atoms with Gasteiger partial charge >= 0.3 is 0 Å². The van der Waals surface area contributed by atoms with Gasteiger partial charge in [-0.25, -0.2) is 10.8 Å². The zero-order valence-corrected chi connectivity index (χ0v) is 10.6. The molecular weight excluding hydrogens is 242 g/mol. The maximum atomic E-state index is 5.48. The number of rotatable bonds is 3. The van der Waals surface area contributed by atoms with Crippen molar-refractivity contribution >= 4 is 22.7 Å². The van der Waals surface area contributed by atoms with Crippen molar-refractivity contribution in [3.63, 3.8) is 0 Å². The summed E-state index contributed by atoms with van der Waals surface area (Å²) in [6, 6.07) is 8.16. The van der Waals surface area contributed by atoms with Crippen LogP contribution in [-0.4, -0.2) is 29.2 Å². The van der Waals surface area contributed by atoms with Gasteiger partial charge in [0, 0.05) is 12.0 Å². The second-order valence-corrected chi connectivity index (χ2v) is 4.62. The van der Waals surface area contributed by atoms with Gasteiger partial charge in [0.2, 0.25) is 5.95 Å². The molecule has 1 aromatic carbocycles. The molecule has 100 valence electrons. The smallest absolute Gasteiger partial charge is 0.239 e. The summed E-state index contributed by atoms with van der Waals surface area (Å²) in [6.07, 6.45) is 2.16. The van der Waals surface area contributed by atoms with Crippen LogP contribution >= 0.6 is 0 Å². The van der Waals surface area contributed by atoms with Crippen LogP contribution in [0.4, 0.5) is 11.8 Å². The number of nitrogen functional groups attached to an aromatic ring is 1. The molecule has 4 N–H and O–H groups in total.